The van der Waals surface area contributed by atoms with Gasteiger partial charge in [-0.1, -0.05) is 0 Å². The first-order chi connectivity index (χ1) is 10.2. The van der Waals surface area contributed by atoms with Crippen LogP contribution in [0.5, 0.6) is 0 Å². The first-order valence-corrected chi connectivity index (χ1v) is 8.62. The molecule has 0 radical (unpaired) electrons. The fraction of sp³-hybridized carbons (Fsp3) is 0.375. The Hall–Kier alpha value is -1.46. The van der Waals surface area contributed by atoms with Crippen molar-refractivity contribution in [2.75, 3.05) is 7.11 Å². The van der Waals surface area contributed by atoms with Crippen LogP contribution in [0.3, 0.4) is 0 Å². The van der Waals surface area contributed by atoms with E-state index in [0.717, 1.165) is 22.6 Å². The van der Waals surface area contributed by atoms with Crippen LogP contribution in [0.4, 0.5) is 0 Å². The molecule has 0 saturated heterocycles. The van der Waals surface area contributed by atoms with Crippen LogP contribution >= 0.6 is 22.7 Å². The van der Waals surface area contributed by atoms with E-state index in [1.807, 2.05) is 12.1 Å². The Kier molecular flexibility index (Phi) is 4.22. The van der Waals surface area contributed by atoms with Crippen LogP contribution in [0.2, 0.25) is 0 Å². The topological polar surface area (TPSA) is 43.4 Å². The van der Waals surface area contributed by atoms with Crippen molar-refractivity contribution in [3.8, 4) is 0 Å². The highest BCUT2D eigenvalue weighted by Gasteiger charge is 2.19. The minimum Gasteiger partial charge on any atom is -0.469 e. The molecular weight excluding hydrogens is 304 g/mol. The molecule has 2 aromatic rings. The van der Waals surface area contributed by atoms with Crippen molar-refractivity contribution in [3.05, 3.63) is 43.3 Å². The standard InChI is InChI=1S/C16H16O3S2/c1-19-15(17)9-11-6-7-13(20-11)16(18)14-8-10-4-2-3-5-12(10)21-14/h6-8H,2-5,9H2,1H3. The Morgan fingerprint density at radius 2 is 1.95 bits per heavy atom. The number of ketones is 1. The van der Waals surface area contributed by atoms with Gasteiger partial charge in [-0.15, -0.1) is 22.7 Å². The maximum Gasteiger partial charge on any atom is 0.310 e. The van der Waals surface area contributed by atoms with Crippen LogP contribution in [0, 0.1) is 0 Å². The first-order valence-electron chi connectivity index (χ1n) is 6.99. The number of carbonyl (C=O) groups excluding carboxylic acids is 2. The zero-order valence-corrected chi connectivity index (χ0v) is 13.4. The molecule has 2 aromatic heterocycles. The van der Waals surface area contributed by atoms with Crippen molar-refractivity contribution >= 4 is 34.4 Å². The molecule has 0 aliphatic heterocycles. The minimum absolute atomic E-state index is 0.0792. The van der Waals surface area contributed by atoms with E-state index in [1.165, 1.54) is 41.7 Å². The third-order valence-electron chi connectivity index (χ3n) is 3.65. The van der Waals surface area contributed by atoms with Gasteiger partial charge in [-0.25, -0.2) is 0 Å². The Morgan fingerprint density at radius 3 is 2.71 bits per heavy atom. The second kappa shape index (κ2) is 6.12. The van der Waals surface area contributed by atoms with Crippen LogP contribution in [0.15, 0.2) is 18.2 Å². The van der Waals surface area contributed by atoms with Crippen LogP contribution in [0.25, 0.3) is 0 Å². The molecule has 2 heterocycles. The SMILES string of the molecule is COC(=O)Cc1ccc(C(=O)c2cc3c(s2)CCCC3)s1. The summed E-state index contributed by atoms with van der Waals surface area (Å²) in [5.74, 6) is -0.196. The van der Waals surface area contributed by atoms with E-state index >= 15 is 0 Å². The molecule has 110 valence electrons. The summed E-state index contributed by atoms with van der Waals surface area (Å²) in [5.41, 5.74) is 1.35. The summed E-state index contributed by atoms with van der Waals surface area (Å²) >= 11 is 3.01. The molecule has 1 aliphatic rings. The summed E-state index contributed by atoms with van der Waals surface area (Å²) < 4.78 is 4.65. The molecule has 0 spiro atoms. The van der Waals surface area contributed by atoms with Gasteiger partial charge in [0, 0.05) is 9.75 Å². The van der Waals surface area contributed by atoms with E-state index in [2.05, 4.69) is 10.8 Å². The van der Waals surface area contributed by atoms with E-state index < -0.39 is 0 Å². The molecule has 0 N–H and O–H groups in total. The Bertz CT molecular complexity index is 658. The van der Waals surface area contributed by atoms with Crippen molar-refractivity contribution in [2.45, 2.75) is 32.1 Å². The number of fused-ring (bicyclic) bond motifs is 1. The van der Waals surface area contributed by atoms with Crippen molar-refractivity contribution in [1.82, 2.24) is 0 Å². The van der Waals surface area contributed by atoms with Gasteiger partial charge in [0.2, 0.25) is 5.78 Å². The number of hydrogen-bond acceptors (Lipinski definition) is 5. The number of aryl methyl sites for hydroxylation is 2. The second-order valence-electron chi connectivity index (χ2n) is 5.11. The van der Waals surface area contributed by atoms with E-state index in [1.54, 1.807) is 11.3 Å². The van der Waals surface area contributed by atoms with E-state index in [0.29, 0.717) is 4.88 Å². The number of methoxy groups -OCH3 is 1. The van der Waals surface area contributed by atoms with Crippen LogP contribution in [-0.2, 0) is 28.8 Å². The zero-order valence-electron chi connectivity index (χ0n) is 11.8. The molecular formula is C16H16O3S2. The molecule has 0 amide bonds. The molecule has 0 bridgehead atoms. The Balaban J connectivity index is 1.78. The van der Waals surface area contributed by atoms with Crippen molar-refractivity contribution in [2.24, 2.45) is 0 Å². The molecule has 3 rings (SSSR count). The smallest absolute Gasteiger partial charge is 0.310 e. The highest BCUT2D eigenvalue weighted by molar-refractivity contribution is 7.17. The number of hydrogen-bond donors (Lipinski definition) is 0. The lowest BCUT2D eigenvalue weighted by Crippen LogP contribution is -2.02. The minimum atomic E-state index is -0.276. The Morgan fingerprint density at radius 1 is 1.14 bits per heavy atom. The number of carbonyl (C=O) groups is 2. The van der Waals surface area contributed by atoms with Gasteiger partial charge in [-0.3, -0.25) is 9.59 Å². The molecule has 3 nitrogen and oxygen atoms in total. The fourth-order valence-electron chi connectivity index (χ4n) is 2.53. The summed E-state index contributed by atoms with van der Waals surface area (Å²) in [7, 11) is 1.37. The summed E-state index contributed by atoms with van der Waals surface area (Å²) in [6, 6.07) is 5.70. The third-order valence-corrected chi connectivity index (χ3v) is 5.97. The molecule has 0 saturated carbocycles. The zero-order chi connectivity index (χ0) is 14.8. The van der Waals surface area contributed by atoms with Gasteiger partial charge in [0.15, 0.2) is 0 Å². The first kappa shape index (κ1) is 14.5. The lowest BCUT2D eigenvalue weighted by atomic mass is 9.99. The molecule has 0 atom stereocenters. The van der Waals surface area contributed by atoms with Gasteiger partial charge in [0.05, 0.1) is 23.3 Å². The third kappa shape index (κ3) is 3.09. The molecule has 1 aliphatic carbocycles. The number of esters is 1. The average molecular weight is 320 g/mol. The van der Waals surface area contributed by atoms with E-state index in [9.17, 15) is 9.59 Å². The van der Waals surface area contributed by atoms with Gasteiger partial charge in [0.1, 0.15) is 0 Å². The Labute approximate surface area is 131 Å². The summed E-state index contributed by atoms with van der Waals surface area (Å²) in [4.78, 5) is 27.6. The van der Waals surface area contributed by atoms with Gasteiger partial charge in [-0.2, -0.15) is 0 Å². The molecule has 0 fully saturated rings. The number of thiophene rings is 2. The van der Waals surface area contributed by atoms with Crippen molar-refractivity contribution in [1.29, 1.82) is 0 Å². The summed E-state index contributed by atoms with van der Waals surface area (Å²) in [6.45, 7) is 0. The van der Waals surface area contributed by atoms with Crippen LogP contribution < -0.4 is 0 Å². The lowest BCUT2D eigenvalue weighted by molar-refractivity contribution is -0.139. The average Bonchev–Trinajstić information content (AvgIpc) is 3.12. The van der Waals surface area contributed by atoms with Crippen LogP contribution in [-0.4, -0.2) is 18.9 Å². The lowest BCUT2D eigenvalue weighted by Gasteiger charge is -2.08. The van der Waals surface area contributed by atoms with E-state index in [4.69, 9.17) is 0 Å². The monoisotopic (exact) mass is 320 g/mol. The summed E-state index contributed by atoms with van der Waals surface area (Å²) in [6.07, 6.45) is 4.88. The summed E-state index contributed by atoms with van der Waals surface area (Å²) in [5, 5.41) is 0. The maximum absolute atomic E-state index is 12.5. The molecule has 0 unspecified atom stereocenters. The van der Waals surface area contributed by atoms with Gasteiger partial charge >= 0.3 is 5.97 Å². The van der Waals surface area contributed by atoms with Gasteiger partial charge < -0.3 is 4.74 Å². The van der Waals surface area contributed by atoms with Gasteiger partial charge in [-0.05, 0) is 49.4 Å². The van der Waals surface area contributed by atoms with Gasteiger partial charge in [0.25, 0.3) is 0 Å². The molecule has 0 aromatic carbocycles. The highest BCUT2D eigenvalue weighted by atomic mass is 32.1. The molecule has 5 heteroatoms. The molecule has 21 heavy (non-hydrogen) atoms. The predicted molar refractivity (Wildman–Crippen MR) is 84.4 cm³/mol. The highest BCUT2D eigenvalue weighted by Crippen LogP contribution is 2.32. The van der Waals surface area contributed by atoms with Crippen molar-refractivity contribution < 1.29 is 14.3 Å². The van der Waals surface area contributed by atoms with E-state index in [-0.39, 0.29) is 18.2 Å². The predicted octanol–water partition coefficient (Wildman–Crippen LogP) is 3.63. The number of rotatable bonds is 4. The number of ether oxygens (including phenoxy) is 1. The maximum atomic E-state index is 12.5. The fourth-order valence-corrected chi connectivity index (χ4v) is 4.75. The quantitative estimate of drug-likeness (QED) is 0.638. The normalized spacial score (nSPS) is 13.8. The van der Waals surface area contributed by atoms with Crippen LogP contribution in [0.1, 0.15) is 42.7 Å². The second-order valence-corrected chi connectivity index (χ2v) is 7.42. The largest absolute Gasteiger partial charge is 0.469 e. The van der Waals surface area contributed by atoms with Crippen molar-refractivity contribution in [3.63, 3.8) is 0 Å².